The lowest BCUT2D eigenvalue weighted by molar-refractivity contribution is 0.992. The quantitative estimate of drug-likeness (QED) is 0.598. The molecule has 0 spiro atoms. The Kier molecular flexibility index (Phi) is 5.96. The zero-order chi connectivity index (χ0) is 14.9. The average molecular weight is 277 g/mol. The second-order valence-electron chi connectivity index (χ2n) is 5.04. The van der Waals surface area contributed by atoms with Gasteiger partial charge in [-0.15, -0.1) is 0 Å². The molecule has 1 heteroatoms. The van der Waals surface area contributed by atoms with Crippen molar-refractivity contribution in [2.24, 2.45) is 4.99 Å². The smallest absolute Gasteiger partial charge is 0.0665 e. The molecule has 0 bridgehead atoms. The Morgan fingerprint density at radius 2 is 1.43 bits per heavy atom. The number of allylic oxidation sites excluding steroid dienone is 1. The second kappa shape index (κ2) is 8.21. The van der Waals surface area contributed by atoms with Gasteiger partial charge in [0.1, 0.15) is 0 Å². The van der Waals surface area contributed by atoms with E-state index in [1.165, 1.54) is 16.8 Å². The minimum Gasteiger partial charge on any atom is -0.253 e. The standard InChI is InChI=1S/C20H23N/c1-3-11-19(17-13-7-5-8-14-17)21-20(12-4-2)18-15-9-6-10-16-18/h5-11,13-16H,3-4,12H2,1-2H3/b19-11+,21-20?. The van der Waals surface area contributed by atoms with Gasteiger partial charge in [0.25, 0.3) is 0 Å². The van der Waals surface area contributed by atoms with E-state index in [2.05, 4.69) is 68.5 Å². The van der Waals surface area contributed by atoms with E-state index in [1.54, 1.807) is 0 Å². The predicted molar refractivity (Wildman–Crippen MR) is 92.6 cm³/mol. The molecule has 108 valence electrons. The van der Waals surface area contributed by atoms with Crippen molar-refractivity contribution in [2.75, 3.05) is 0 Å². The van der Waals surface area contributed by atoms with Gasteiger partial charge in [-0.3, -0.25) is 4.99 Å². The molecule has 0 aliphatic carbocycles. The maximum atomic E-state index is 4.97. The van der Waals surface area contributed by atoms with E-state index in [9.17, 15) is 0 Å². The van der Waals surface area contributed by atoms with Crippen LogP contribution in [0.3, 0.4) is 0 Å². The molecule has 0 amide bonds. The average Bonchev–Trinajstić information content (AvgIpc) is 2.55. The van der Waals surface area contributed by atoms with E-state index < -0.39 is 0 Å². The maximum absolute atomic E-state index is 4.97. The molecule has 2 aromatic carbocycles. The van der Waals surface area contributed by atoms with Gasteiger partial charge in [-0.25, -0.2) is 0 Å². The number of hydrogen-bond donors (Lipinski definition) is 0. The Hall–Kier alpha value is -2.15. The first kappa shape index (κ1) is 15.2. The van der Waals surface area contributed by atoms with Crippen LogP contribution in [0.4, 0.5) is 0 Å². The van der Waals surface area contributed by atoms with Crippen LogP contribution >= 0.6 is 0 Å². The molecule has 2 rings (SSSR count). The van der Waals surface area contributed by atoms with Gasteiger partial charge in [0.2, 0.25) is 0 Å². The minimum absolute atomic E-state index is 0.988. The number of rotatable bonds is 6. The summed E-state index contributed by atoms with van der Waals surface area (Å²) in [6, 6.07) is 20.9. The monoisotopic (exact) mass is 277 g/mol. The van der Waals surface area contributed by atoms with Gasteiger partial charge in [0.15, 0.2) is 0 Å². The highest BCUT2D eigenvalue weighted by Gasteiger charge is 2.05. The Bertz CT molecular complexity index is 594. The van der Waals surface area contributed by atoms with Crippen molar-refractivity contribution < 1.29 is 0 Å². The molecule has 21 heavy (non-hydrogen) atoms. The Labute approximate surface area is 128 Å². The zero-order valence-corrected chi connectivity index (χ0v) is 12.9. The summed E-state index contributed by atoms with van der Waals surface area (Å²) in [6.45, 7) is 4.35. The van der Waals surface area contributed by atoms with Crippen molar-refractivity contribution in [1.82, 2.24) is 0 Å². The van der Waals surface area contributed by atoms with E-state index in [4.69, 9.17) is 4.99 Å². The SMILES string of the molecule is CC/C=C(/N=C(CCC)c1ccccc1)c1ccccc1. The number of hydrogen-bond acceptors (Lipinski definition) is 1. The lowest BCUT2D eigenvalue weighted by Crippen LogP contribution is -2.01. The molecular formula is C20H23N. The largest absolute Gasteiger partial charge is 0.253 e. The first-order chi connectivity index (χ1) is 10.3. The van der Waals surface area contributed by atoms with Crippen molar-refractivity contribution in [3.05, 3.63) is 77.9 Å². The molecule has 0 N–H and O–H groups in total. The van der Waals surface area contributed by atoms with E-state index in [0.717, 1.165) is 25.0 Å². The van der Waals surface area contributed by atoms with Crippen LogP contribution in [0.1, 0.15) is 44.2 Å². The molecule has 0 radical (unpaired) electrons. The first-order valence-electron chi connectivity index (χ1n) is 7.73. The van der Waals surface area contributed by atoms with Gasteiger partial charge in [-0.1, -0.05) is 87.0 Å². The molecule has 0 aliphatic heterocycles. The van der Waals surface area contributed by atoms with Gasteiger partial charge in [0, 0.05) is 5.71 Å². The molecule has 0 aliphatic rings. The molecule has 0 unspecified atom stereocenters. The van der Waals surface area contributed by atoms with Crippen molar-refractivity contribution in [2.45, 2.75) is 33.1 Å². The lowest BCUT2D eigenvalue weighted by Gasteiger charge is -2.09. The van der Waals surface area contributed by atoms with E-state index >= 15 is 0 Å². The molecule has 0 heterocycles. The van der Waals surface area contributed by atoms with E-state index in [1.807, 2.05) is 12.1 Å². The molecular weight excluding hydrogens is 254 g/mol. The minimum atomic E-state index is 0.988. The van der Waals surface area contributed by atoms with Crippen LogP contribution in [-0.4, -0.2) is 5.71 Å². The molecule has 2 aromatic rings. The molecule has 0 fully saturated rings. The van der Waals surface area contributed by atoms with Crippen LogP contribution in [0.15, 0.2) is 71.7 Å². The van der Waals surface area contributed by atoms with Gasteiger partial charge in [-0.05, 0) is 24.0 Å². The third kappa shape index (κ3) is 4.42. The highest BCUT2D eigenvalue weighted by atomic mass is 14.8. The van der Waals surface area contributed by atoms with Crippen LogP contribution < -0.4 is 0 Å². The summed E-state index contributed by atoms with van der Waals surface area (Å²) >= 11 is 0. The summed E-state index contributed by atoms with van der Waals surface area (Å²) in [5.41, 5.74) is 4.65. The number of aliphatic imine (C=N–C) groups is 1. The van der Waals surface area contributed by atoms with E-state index in [0.29, 0.717) is 0 Å². The molecule has 1 nitrogen and oxygen atoms in total. The first-order valence-corrected chi connectivity index (χ1v) is 7.73. The van der Waals surface area contributed by atoms with Crippen LogP contribution in [0, 0.1) is 0 Å². The third-order valence-corrected chi connectivity index (χ3v) is 3.32. The summed E-state index contributed by atoms with van der Waals surface area (Å²) in [5.74, 6) is 0. The van der Waals surface area contributed by atoms with E-state index in [-0.39, 0.29) is 0 Å². The van der Waals surface area contributed by atoms with Crippen LogP contribution in [-0.2, 0) is 0 Å². The van der Waals surface area contributed by atoms with Gasteiger partial charge in [0.05, 0.1) is 5.70 Å². The zero-order valence-electron chi connectivity index (χ0n) is 12.9. The van der Waals surface area contributed by atoms with Crippen LogP contribution in [0.25, 0.3) is 5.70 Å². The summed E-state index contributed by atoms with van der Waals surface area (Å²) in [4.78, 5) is 4.97. The summed E-state index contributed by atoms with van der Waals surface area (Å²) in [7, 11) is 0. The Balaban J connectivity index is 2.41. The second-order valence-corrected chi connectivity index (χ2v) is 5.04. The molecule has 0 atom stereocenters. The number of nitrogens with zero attached hydrogens (tertiary/aromatic N) is 1. The van der Waals surface area contributed by atoms with Crippen LogP contribution in [0.2, 0.25) is 0 Å². The predicted octanol–water partition coefficient (Wildman–Crippen LogP) is 5.73. The highest BCUT2D eigenvalue weighted by molar-refractivity contribution is 6.03. The van der Waals surface area contributed by atoms with Gasteiger partial charge < -0.3 is 0 Å². The maximum Gasteiger partial charge on any atom is 0.0665 e. The third-order valence-electron chi connectivity index (χ3n) is 3.32. The highest BCUT2D eigenvalue weighted by Crippen LogP contribution is 2.19. The molecule has 0 saturated carbocycles. The molecule has 0 saturated heterocycles. The summed E-state index contributed by atoms with van der Waals surface area (Å²) < 4.78 is 0. The Morgan fingerprint density at radius 3 is 1.95 bits per heavy atom. The fourth-order valence-electron chi connectivity index (χ4n) is 2.31. The topological polar surface area (TPSA) is 12.4 Å². The fourth-order valence-corrected chi connectivity index (χ4v) is 2.31. The molecule has 0 aromatic heterocycles. The normalized spacial score (nSPS) is 12.5. The van der Waals surface area contributed by atoms with Crippen molar-refractivity contribution in [1.29, 1.82) is 0 Å². The number of benzene rings is 2. The fraction of sp³-hybridized carbons (Fsp3) is 0.250. The van der Waals surface area contributed by atoms with Gasteiger partial charge in [-0.2, -0.15) is 0 Å². The van der Waals surface area contributed by atoms with Crippen LogP contribution in [0.5, 0.6) is 0 Å². The summed E-state index contributed by atoms with van der Waals surface area (Å²) in [5, 5.41) is 0. The van der Waals surface area contributed by atoms with Crippen molar-refractivity contribution >= 4 is 11.4 Å². The summed E-state index contributed by atoms with van der Waals surface area (Å²) in [6.07, 6.45) is 5.29. The van der Waals surface area contributed by atoms with Crippen molar-refractivity contribution in [3.63, 3.8) is 0 Å². The Morgan fingerprint density at radius 1 is 0.857 bits per heavy atom. The van der Waals surface area contributed by atoms with Gasteiger partial charge >= 0.3 is 0 Å². The lowest BCUT2D eigenvalue weighted by atomic mass is 10.0. The van der Waals surface area contributed by atoms with Crippen molar-refractivity contribution in [3.8, 4) is 0 Å².